The zero-order valence-corrected chi connectivity index (χ0v) is 12.7. The van der Waals surface area contributed by atoms with E-state index in [1.54, 1.807) is 12.1 Å². The van der Waals surface area contributed by atoms with E-state index in [0.29, 0.717) is 0 Å². The standard InChI is InChI=1S/C14H14ClFN2O2S/c1-9(17)10-2-5-12(6-3-10)21(19,20)18-11-4-7-14(16)13(15)8-11/h2-9,18H,17H2,1H3. The van der Waals surface area contributed by atoms with E-state index in [0.717, 1.165) is 11.6 Å². The molecule has 21 heavy (non-hydrogen) atoms. The summed E-state index contributed by atoms with van der Waals surface area (Å²) in [5.74, 6) is -0.610. The van der Waals surface area contributed by atoms with Crippen molar-refractivity contribution in [3.8, 4) is 0 Å². The lowest BCUT2D eigenvalue weighted by atomic mass is 10.1. The molecule has 4 nitrogen and oxygen atoms in total. The highest BCUT2D eigenvalue weighted by Crippen LogP contribution is 2.22. The molecule has 0 saturated heterocycles. The number of hydrogen-bond acceptors (Lipinski definition) is 3. The van der Waals surface area contributed by atoms with Crippen molar-refractivity contribution >= 4 is 27.3 Å². The Labute approximate surface area is 127 Å². The minimum absolute atomic E-state index is 0.0901. The van der Waals surface area contributed by atoms with Gasteiger partial charge in [0.25, 0.3) is 10.0 Å². The zero-order chi connectivity index (χ0) is 15.6. The number of nitrogens with two attached hydrogens (primary N) is 1. The van der Waals surface area contributed by atoms with Gasteiger partial charge in [-0.05, 0) is 42.8 Å². The fourth-order valence-corrected chi connectivity index (χ4v) is 2.95. The summed E-state index contributed by atoms with van der Waals surface area (Å²) in [4.78, 5) is 0.0901. The highest BCUT2D eigenvalue weighted by atomic mass is 35.5. The summed E-state index contributed by atoms with van der Waals surface area (Å²) in [7, 11) is -3.76. The second-order valence-electron chi connectivity index (χ2n) is 4.59. The molecule has 112 valence electrons. The number of halogens is 2. The second-order valence-corrected chi connectivity index (χ2v) is 6.68. The lowest BCUT2D eigenvalue weighted by molar-refractivity contribution is 0.601. The minimum atomic E-state index is -3.76. The predicted octanol–water partition coefficient (Wildman–Crippen LogP) is 3.30. The number of rotatable bonds is 4. The van der Waals surface area contributed by atoms with Crippen molar-refractivity contribution in [1.29, 1.82) is 0 Å². The molecule has 1 unspecified atom stereocenters. The summed E-state index contributed by atoms with van der Waals surface area (Å²) < 4.78 is 39.8. The zero-order valence-electron chi connectivity index (χ0n) is 11.2. The molecule has 0 amide bonds. The molecule has 0 saturated carbocycles. The van der Waals surface area contributed by atoms with Crippen LogP contribution in [0.3, 0.4) is 0 Å². The molecule has 2 aromatic rings. The number of nitrogens with one attached hydrogen (secondary N) is 1. The van der Waals surface area contributed by atoms with Gasteiger partial charge < -0.3 is 5.73 Å². The first-order valence-electron chi connectivity index (χ1n) is 6.13. The van der Waals surface area contributed by atoms with Crippen molar-refractivity contribution in [1.82, 2.24) is 0 Å². The third-order valence-electron chi connectivity index (χ3n) is 2.89. The van der Waals surface area contributed by atoms with Crippen molar-refractivity contribution in [3.05, 3.63) is 58.9 Å². The molecule has 0 aliphatic heterocycles. The summed E-state index contributed by atoms with van der Waals surface area (Å²) >= 11 is 5.62. The van der Waals surface area contributed by atoms with Gasteiger partial charge in [-0.2, -0.15) is 0 Å². The van der Waals surface area contributed by atoms with Gasteiger partial charge in [0.15, 0.2) is 0 Å². The van der Waals surface area contributed by atoms with Crippen molar-refractivity contribution in [2.75, 3.05) is 4.72 Å². The van der Waals surface area contributed by atoms with Crippen LogP contribution in [0.2, 0.25) is 5.02 Å². The van der Waals surface area contributed by atoms with Crippen LogP contribution >= 0.6 is 11.6 Å². The fourth-order valence-electron chi connectivity index (χ4n) is 1.72. The Bertz CT molecular complexity index is 746. The maximum atomic E-state index is 13.1. The summed E-state index contributed by atoms with van der Waals surface area (Å²) in [6.07, 6.45) is 0. The third-order valence-corrected chi connectivity index (χ3v) is 4.57. The molecule has 3 N–H and O–H groups in total. The quantitative estimate of drug-likeness (QED) is 0.904. The topological polar surface area (TPSA) is 72.2 Å². The van der Waals surface area contributed by atoms with Crippen LogP contribution in [0.15, 0.2) is 47.4 Å². The minimum Gasteiger partial charge on any atom is -0.324 e. The van der Waals surface area contributed by atoms with Gasteiger partial charge in [-0.15, -0.1) is 0 Å². The molecular weight excluding hydrogens is 315 g/mol. The first kappa shape index (κ1) is 15.8. The lowest BCUT2D eigenvalue weighted by Gasteiger charge is -2.10. The van der Waals surface area contributed by atoms with Crippen LogP contribution in [0.4, 0.5) is 10.1 Å². The van der Waals surface area contributed by atoms with Crippen LogP contribution in [0.1, 0.15) is 18.5 Å². The van der Waals surface area contributed by atoms with Crippen LogP contribution < -0.4 is 10.5 Å². The van der Waals surface area contributed by atoms with E-state index < -0.39 is 15.8 Å². The van der Waals surface area contributed by atoms with Crippen LogP contribution in [0.25, 0.3) is 0 Å². The average Bonchev–Trinajstić information content (AvgIpc) is 2.43. The maximum Gasteiger partial charge on any atom is 0.261 e. The first-order valence-corrected chi connectivity index (χ1v) is 7.99. The Kier molecular flexibility index (Phi) is 4.51. The summed E-state index contributed by atoms with van der Waals surface area (Å²) in [5.41, 5.74) is 6.74. The SMILES string of the molecule is CC(N)c1ccc(S(=O)(=O)Nc2ccc(F)c(Cl)c2)cc1. The Balaban J connectivity index is 2.27. The Morgan fingerprint density at radius 1 is 1.19 bits per heavy atom. The fraction of sp³-hybridized carbons (Fsp3) is 0.143. The van der Waals surface area contributed by atoms with Gasteiger partial charge in [-0.25, -0.2) is 12.8 Å². The third kappa shape index (κ3) is 3.72. The largest absolute Gasteiger partial charge is 0.324 e. The summed E-state index contributed by atoms with van der Waals surface area (Å²) in [6, 6.07) is 9.66. The van der Waals surface area contributed by atoms with Gasteiger partial charge in [-0.1, -0.05) is 23.7 Å². The predicted molar refractivity (Wildman–Crippen MR) is 81.3 cm³/mol. The average molecular weight is 329 g/mol. The van der Waals surface area contributed by atoms with Crippen LogP contribution in [-0.2, 0) is 10.0 Å². The smallest absolute Gasteiger partial charge is 0.261 e. The maximum absolute atomic E-state index is 13.1. The number of hydrogen-bond donors (Lipinski definition) is 2. The van der Waals surface area contributed by atoms with E-state index in [1.807, 2.05) is 6.92 Å². The van der Waals surface area contributed by atoms with Gasteiger partial charge in [0, 0.05) is 6.04 Å². The normalized spacial score (nSPS) is 13.0. The Morgan fingerprint density at radius 2 is 1.81 bits per heavy atom. The lowest BCUT2D eigenvalue weighted by Crippen LogP contribution is -2.13. The molecule has 2 rings (SSSR count). The van der Waals surface area contributed by atoms with Crippen LogP contribution in [-0.4, -0.2) is 8.42 Å². The molecule has 0 aliphatic carbocycles. The first-order chi connectivity index (χ1) is 9.79. The van der Waals surface area contributed by atoms with E-state index in [1.165, 1.54) is 24.3 Å². The van der Waals surface area contributed by atoms with E-state index >= 15 is 0 Å². The monoisotopic (exact) mass is 328 g/mol. The van der Waals surface area contributed by atoms with Crippen molar-refractivity contribution < 1.29 is 12.8 Å². The van der Waals surface area contributed by atoms with E-state index in [4.69, 9.17) is 17.3 Å². The van der Waals surface area contributed by atoms with E-state index in [-0.39, 0.29) is 21.6 Å². The molecule has 1 atom stereocenters. The highest BCUT2D eigenvalue weighted by molar-refractivity contribution is 7.92. The Morgan fingerprint density at radius 3 is 2.33 bits per heavy atom. The molecule has 0 radical (unpaired) electrons. The molecule has 0 spiro atoms. The Hall–Kier alpha value is -1.63. The molecule has 0 aromatic heterocycles. The molecule has 0 fully saturated rings. The van der Waals surface area contributed by atoms with Gasteiger partial charge >= 0.3 is 0 Å². The van der Waals surface area contributed by atoms with E-state index in [9.17, 15) is 12.8 Å². The molecule has 0 heterocycles. The van der Waals surface area contributed by atoms with Crippen molar-refractivity contribution in [2.45, 2.75) is 17.9 Å². The van der Waals surface area contributed by atoms with Crippen LogP contribution in [0, 0.1) is 5.82 Å². The van der Waals surface area contributed by atoms with Crippen molar-refractivity contribution in [2.24, 2.45) is 5.73 Å². The molecular formula is C14H14ClFN2O2S. The number of anilines is 1. The van der Waals surface area contributed by atoms with Crippen molar-refractivity contribution in [3.63, 3.8) is 0 Å². The molecule has 2 aromatic carbocycles. The van der Waals surface area contributed by atoms with Gasteiger partial charge in [0.05, 0.1) is 15.6 Å². The van der Waals surface area contributed by atoms with Gasteiger partial charge in [0.2, 0.25) is 0 Å². The number of benzene rings is 2. The summed E-state index contributed by atoms with van der Waals surface area (Å²) in [6.45, 7) is 1.81. The summed E-state index contributed by atoms with van der Waals surface area (Å²) in [5, 5.41) is -0.150. The van der Waals surface area contributed by atoms with Gasteiger partial charge in [-0.3, -0.25) is 4.72 Å². The van der Waals surface area contributed by atoms with Gasteiger partial charge in [0.1, 0.15) is 5.82 Å². The molecule has 0 bridgehead atoms. The van der Waals surface area contributed by atoms with E-state index in [2.05, 4.69) is 4.72 Å². The highest BCUT2D eigenvalue weighted by Gasteiger charge is 2.15. The number of sulfonamides is 1. The molecule has 0 aliphatic rings. The molecule has 7 heteroatoms. The second kappa shape index (κ2) is 6.01. The van der Waals surface area contributed by atoms with Crippen LogP contribution in [0.5, 0.6) is 0 Å².